The Kier molecular flexibility index (Phi) is 30.8. The normalized spacial score (nSPS) is 17.9. The van der Waals surface area contributed by atoms with E-state index in [1.807, 2.05) is 18.2 Å². The topological polar surface area (TPSA) is 210 Å². The average Bonchev–Trinajstić information content (AvgIpc) is 3.42. The molecule has 4 N–H and O–H groups in total. The predicted molar refractivity (Wildman–Crippen MR) is 267 cm³/mol. The van der Waals surface area contributed by atoms with Crippen LogP contribution >= 0.6 is 0 Å². The van der Waals surface area contributed by atoms with E-state index in [1.165, 1.54) is 22.3 Å². The van der Waals surface area contributed by atoms with Crippen LogP contribution in [0.25, 0.3) is 33.4 Å². The Morgan fingerprint density at radius 3 is 0.903 bits per heavy atom. The fourth-order valence-corrected chi connectivity index (χ4v) is 7.03. The van der Waals surface area contributed by atoms with Gasteiger partial charge in [-0.15, -0.1) is 0 Å². The Labute approximate surface area is 423 Å². The van der Waals surface area contributed by atoms with Crippen LogP contribution in [0, 0.1) is 0 Å². The van der Waals surface area contributed by atoms with E-state index in [-0.39, 0.29) is 13.2 Å². The second kappa shape index (κ2) is 37.7. The molecule has 18 nitrogen and oxygen atoms in total. The monoisotopic (exact) mass is 1010 g/mol. The molecule has 1 heterocycles. The summed E-state index contributed by atoms with van der Waals surface area (Å²) in [5.41, 5.74) is 7.09. The van der Waals surface area contributed by atoms with Crippen molar-refractivity contribution in [1.29, 1.82) is 0 Å². The van der Waals surface area contributed by atoms with Crippen molar-refractivity contribution >= 4 is 0 Å². The van der Waals surface area contributed by atoms with Gasteiger partial charge in [0.15, 0.2) is 6.29 Å². The summed E-state index contributed by atoms with van der Waals surface area (Å²) in [5.74, 6) is 0.803. The van der Waals surface area contributed by atoms with Crippen molar-refractivity contribution in [3.8, 4) is 39.1 Å². The summed E-state index contributed by atoms with van der Waals surface area (Å²) in [6.45, 7) is 9.72. The van der Waals surface area contributed by atoms with Gasteiger partial charge in [-0.2, -0.15) is 0 Å². The fraction of sp³-hybridized carbons (Fsp3) is 0.556. The molecule has 1 aliphatic heterocycles. The third-order valence-corrected chi connectivity index (χ3v) is 11.0. The van der Waals surface area contributed by atoms with Crippen LogP contribution < -0.4 is 4.74 Å². The quantitative estimate of drug-likeness (QED) is 0.0461. The summed E-state index contributed by atoms with van der Waals surface area (Å²) >= 11 is 0. The molecule has 0 radical (unpaired) electrons. The second-order valence-electron chi connectivity index (χ2n) is 16.2. The SMILES string of the molecule is OC[C@H]1O[C@H](OCCOCCOCCOCCOCCOCCOCCOCCOCCOCCOCCOCCOc2ccc(-c3ccc(-c4ccc(-c5ccccc5)cc4)cc3)cc2)[C@@H](O)[C@@H](O)[C@@H]1O. The molecule has 0 bridgehead atoms. The Morgan fingerprint density at radius 2 is 0.583 bits per heavy atom. The summed E-state index contributed by atoms with van der Waals surface area (Å²) < 4.78 is 77.2. The predicted octanol–water partition coefficient (Wildman–Crippen LogP) is 4.07. The van der Waals surface area contributed by atoms with Crippen molar-refractivity contribution in [3.05, 3.63) is 103 Å². The van der Waals surface area contributed by atoms with E-state index < -0.39 is 37.3 Å². The molecule has 1 saturated heterocycles. The van der Waals surface area contributed by atoms with Crippen LogP contribution in [0.3, 0.4) is 0 Å². The van der Waals surface area contributed by atoms with Crippen LogP contribution in [0.1, 0.15) is 0 Å². The van der Waals surface area contributed by atoms with Gasteiger partial charge in [0.25, 0.3) is 0 Å². The molecule has 0 aliphatic carbocycles. The van der Waals surface area contributed by atoms with E-state index in [0.29, 0.717) is 145 Å². The Hall–Kier alpha value is -4.00. The minimum atomic E-state index is -1.48. The molecular weight excluding hydrogens is 937 g/mol. The summed E-state index contributed by atoms with van der Waals surface area (Å²) in [4.78, 5) is 0. The van der Waals surface area contributed by atoms with Crippen LogP contribution in [0.4, 0.5) is 0 Å². The van der Waals surface area contributed by atoms with E-state index >= 15 is 0 Å². The number of benzene rings is 4. The molecule has 0 unspecified atom stereocenters. The zero-order valence-corrected chi connectivity index (χ0v) is 41.4. The van der Waals surface area contributed by atoms with E-state index in [0.717, 1.165) is 16.9 Å². The zero-order valence-electron chi connectivity index (χ0n) is 41.4. The Morgan fingerprint density at radius 1 is 0.306 bits per heavy atom. The van der Waals surface area contributed by atoms with Crippen LogP contribution in [0.5, 0.6) is 5.75 Å². The summed E-state index contributed by atoms with van der Waals surface area (Å²) in [7, 11) is 0. The lowest BCUT2D eigenvalue weighted by atomic mass is 9.98. The van der Waals surface area contributed by atoms with Gasteiger partial charge >= 0.3 is 0 Å². The molecule has 1 aliphatic rings. The van der Waals surface area contributed by atoms with Crippen molar-refractivity contribution in [2.45, 2.75) is 30.7 Å². The zero-order chi connectivity index (χ0) is 50.5. The highest BCUT2D eigenvalue weighted by Gasteiger charge is 2.44. The van der Waals surface area contributed by atoms with Gasteiger partial charge in [0.05, 0.1) is 159 Å². The van der Waals surface area contributed by atoms with Gasteiger partial charge in [0.1, 0.15) is 36.8 Å². The van der Waals surface area contributed by atoms with Gasteiger partial charge in [-0.3, -0.25) is 0 Å². The largest absolute Gasteiger partial charge is 0.491 e. The van der Waals surface area contributed by atoms with Crippen LogP contribution in [-0.2, 0) is 61.6 Å². The van der Waals surface area contributed by atoms with Crippen molar-refractivity contribution < 1.29 is 86.7 Å². The smallest absolute Gasteiger partial charge is 0.186 e. The maximum Gasteiger partial charge on any atom is 0.186 e. The Balaban J connectivity index is 0.685. The van der Waals surface area contributed by atoms with Crippen molar-refractivity contribution in [2.75, 3.05) is 165 Å². The van der Waals surface area contributed by atoms with Gasteiger partial charge in [-0.05, 0) is 45.5 Å². The molecule has 72 heavy (non-hydrogen) atoms. The maximum absolute atomic E-state index is 9.94. The van der Waals surface area contributed by atoms with Crippen LogP contribution in [0.2, 0.25) is 0 Å². The lowest BCUT2D eigenvalue weighted by Gasteiger charge is -2.39. The third kappa shape index (κ3) is 23.9. The summed E-state index contributed by atoms with van der Waals surface area (Å²) in [6.07, 6.45) is -6.53. The van der Waals surface area contributed by atoms with E-state index in [1.54, 1.807) is 0 Å². The molecule has 18 heteroatoms. The van der Waals surface area contributed by atoms with Crippen LogP contribution in [-0.4, -0.2) is 216 Å². The molecular formula is C54H76O18. The number of rotatable bonds is 42. The van der Waals surface area contributed by atoms with Crippen molar-refractivity contribution in [2.24, 2.45) is 0 Å². The van der Waals surface area contributed by atoms with Gasteiger partial charge < -0.3 is 86.7 Å². The molecule has 0 aromatic heterocycles. The van der Waals surface area contributed by atoms with E-state index in [9.17, 15) is 20.4 Å². The number of aliphatic hydroxyl groups excluding tert-OH is 4. The highest BCUT2D eigenvalue weighted by Crippen LogP contribution is 2.28. The van der Waals surface area contributed by atoms with Gasteiger partial charge in [-0.1, -0.05) is 91.0 Å². The first kappa shape index (κ1) is 58.9. The van der Waals surface area contributed by atoms with Gasteiger partial charge in [0.2, 0.25) is 0 Å². The maximum atomic E-state index is 9.94. The van der Waals surface area contributed by atoms with Crippen LogP contribution in [0.15, 0.2) is 103 Å². The molecule has 5 atom stereocenters. The lowest BCUT2D eigenvalue weighted by molar-refractivity contribution is -0.302. The minimum Gasteiger partial charge on any atom is -0.491 e. The van der Waals surface area contributed by atoms with Gasteiger partial charge in [0, 0.05) is 0 Å². The highest BCUT2D eigenvalue weighted by molar-refractivity contribution is 5.73. The molecule has 4 aromatic rings. The molecule has 0 amide bonds. The van der Waals surface area contributed by atoms with Crippen molar-refractivity contribution in [3.63, 3.8) is 0 Å². The summed E-state index contributed by atoms with van der Waals surface area (Å²) in [5, 5.41) is 38.7. The number of aliphatic hydroxyl groups is 4. The average molecular weight is 1010 g/mol. The fourth-order valence-electron chi connectivity index (χ4n) is 7.03. The molecule has 1 fully saturated rings. The first-order chi connectivity index (χ1) is 35.5. The Bertz CT molecular complexity index is 1890. The number of hydrogen-bond acceptors (Lipinski definition) is 18. The number of hydrogen-bond donors (Lipinski definition) is 4. The van der Waals surface area contributed by atoms with Crippen molar-refractivity contribution in [1.82, 2.24) is 0 Å². The highest BCUT2D eigenvalue weighted by atomic mass is 16.7. The second-order valence-corrected chi connectivity index (χ2v) is 16.2. The minimum absolute atomic E-state index is 0.0805. The molecule has 5 rings (SSSR count). The van der Waals surface area contributed by atoms with Gasteiger partial charge in [-0.25, -0.2) is 0 Å². The molecule has 400 valence electrons. The molecule has 0 spiro atoms. The lowest BCUT2D eigenvalue weighted by Crippen LogP contribution is -2.59. The first-order valence-electron chi connectivity index (χ1n) is 24.8. The number of ether oxygens (including phenoxy) is 14. The third-order valence-electron chi connectivity index (χ3n) is 11.0. The first-order valence-corrected chi connectivity index (χ1v) is 24.8. The molecule has 4 aromatic carbocycles. The van der Waals surface area contributed by atoms with E-state index in [2.05, 4.69) is 84.9 Å². The summed E-state index contributed by atoms with van der Waals surface area (Å²) in [6, 6.07) is 35.9. The molecule has 0 saturated carbocycles. The van der Waals surface area contributed by atoms with E-state index in [4.69, 9.17) is 66.3 Å². The standard InChI is InChI=1S/C54H76O18/c55-42-50-51(56)52(57)53(58)54(72-50)71-41-39-69-37-35-67-33-31-65-29-27-63-25-23-61-21-19-59-18-20-60-22-24-62-26-28-64-30-32-66-34-36-68-38-40-70-49-16-14-48(15-17-49)47-12-10-46(11-13-47)45-8-6-44(7-9-45)43-4-2-1-3-5-43/h1-17,50-58H,18-42H2/t50-,51-,52+,53+,54+/m1/s1.